The van der Waals surface area contributed by atoms with Gasteiger partial charge in [0.15, 0.2) is 5.78 Å². The fraction of sp³-hybridized carbons (Fsp3) is 0.385. The van der Waals surface area contributed by atoms with Gasteiger partial charge in [0.25, 0.3) is 0 Å². The summed E-state index contributed by atoms with van der Waals surface area (Å²) in [6.07, 6.45) is 4.91. The van der Waals surface area contributed by atoms with Crippen molar-refractivity contribution in [3.63, 3.8) is 0 Å². The minimum absolute atomic E-state index is 0. The molecule has 0 amide bonds. The van der Waals surface area contributed by atoms with Crippen molar-refractivity contribution < 1.29 is 30.0 Å². The predicted molar refractivity (Wildman–Crippen MR) is 188 cm³/mol. The van der Waals surface area contributed by atoms with E-state index in [0.717, 1.165) is 48.0 Å². The number of aliphatic hydroxyl groups is 1. The zero-order valence-electron chi connectivity index (χ0n) is 28.0. The van der Waals surface area contributed by atoms with Crippen LogP contribution in [0, 0.1) is 31.7 Å². The number of aliphatic hydroxyl groups excluding tert-OH is 1. The molecule has 237 valence electrons. The third kappa shape index (κ3) is 9.57. The Kier molecular flexibility index (Phi) is 14.4. The number of hydrogen-bond acceptors (Lipinski definition) is 3. The Morgan fingerprint density at radius 3 is 2.02 bits per heavy atom. The van der Waals surface area contributed by atoms with E-state index in [2.05, 4.69) is 106 Å². The second-order valence-corrected chi connectivity index (χ2v) is 17.7. The van der Waals surface area contributed by atoms with E-state index in [4.69, 9.17) is 4.98 Å². The molecule has 3 aromatic carbocycles. The Bertz CT molecular complexity index is 1530. The molecule has 0 saturated heterocycles. The van der Waals surface area contributed by atoms with Crippen molar-refractivity contribution >= 4 is 29.9 Å². The van der Waals surface area contributed by atoms with Gasteiger partial charge < -0.3 is 5.11 Å². The van der Waals surface area contributed by atoms with Crippen LogP contribution in [0.2, 0.25) is 19.6 Å². The van der Waals surface area contributed by atoms with Crippen LogP contribution >= 0.6 is 0 Å². The summed E-state index contributed by atoms with van der Waals surface area (Å²) in [4.78, 5) is 16.7. The summed E-state index contributed by atoms with van der Waals surface area (Å²) in [7, 11) is -1.50. The Morgan fingerprint density at radius 2 is 1.48 bits per heavy atom. The molecule has 4 aromatic rings. The van der Waals surface area contributed by atoms with E-state index < -0.39 is 8.07 Å². The number of hydrogen-bond donors (Lipinski definition) is 1. The molecule has 1 N–H and O–H groups in total. The first-order valence-electron chi connectivity index (χ1n) is 15.9. The van der Waals surface area contributed by atoms with Crippen molar-refractivity contribution in [1.82, 2.24) is 4.98 Å². The summed E-state index contributed by atoms with van der Waals surface area (Å²) < 4.78 is 0. The summed E-state index contributed by atoms with van der Waals surface area (Å²) in [5.41, 5.74) is 8.11. The summed E-state index contributed by atoms with van der Waals surface area (Å²) in [5.74, 6) is 0.547. The molecule has 0 aliphatic rings. The number of rotatable bonds is 10. The fourth-order valence-corrected chi connectivity index (χ4v) is 7.32. The molecule has 0 unspecified atom stereocenters. The van der Waals surface area contributed by atoms with Crippen LogP contribution in [0.1, 0.15) is 64.5 Å². The van der Waals surface area contributed by atoms with Gasteiger partial charge in [0, 0.05) is 43.4 Å². The number of fused-ring (bicyclic) bond motifs is 1. The normalized spacial score (nSPS) is 11.8. The largest absolute Gasteiger partial charge is 0.512 e. The van der Waals surface area contributed by atoms with Crippen LogP contribution in [0.5, 0.6) is 0 Å². The number of carbonyl (C=O) groups is 1. The van der Waals surface area contributed by atoms with Gasteiger partial charge in [0.1, 0.15) is 0 Å². The molecule has 1 radical (unpaired) electrons. The van der Waals surface area contributed by atoms with Crippen LogP contribution in [0.3, 0.4) is 0 Å². The average Bonchev–Trinajstić information content (AvgIpc) is 2.97. The topological polar surface area (TPSA) is 50.2 Å². The zero-order valence-corrected chi connectivity index (χ0v) is 31.4. The van der Waals surface area contributed by atoms with Crippen molar-refractivity contribution in [3.8, 4) is 22.4 Å². The smallest absolute Gasteiger partial charge is 0.162 e. The van der Waals surface area contributed by atoms with Crippen molar-refractivity contribution in [3.05, 3.63) is 95.8 Å². The minimum atomic E-state index is -1.50. The molecule has 5 heteroatoms. The van der Waals surface area contributed by atoms with E-state index in [1.54, 1.807) is 0 Å². The molecule has 4 rings (SSSR count). The van der Waals surface area contributed by atoms with Gasteiger partial charge in [-0.05, 0) is 48.6 Å². The number of aryl methyl sites for hydroxylation is 2. The van der Waals surface area contributed by atoms with Gasteiger partial charge in [-0.3, -0.25) is 9.78 Å². The monoisotopic (exact) mass is 785 g/mol. The molecule has 0 aliphatic carbocycles. The molecular weight excluding hydrogens is 735 g/mol. The van der Waals surface area contributed by atoms with Gasteiger partial charge in [-0.1, -0.05) is 115 Å². The predicted octanol–water partition coefficient (Wildman–Crippen LogP) is 10.4. The minimum Gasteiger partial charge on any atom is -0.512 e. The van der Waals surface area contributed by atoms with Crippen molar-refractivity contribution in [2.45, 2.75) is 86.9 Å². The number of benzene rings is 3. The second kappa shape index (κ2) is 17.0. The first-order chi connectivity index (χ1) is 20.4. The summed E-state index contributed by atoms with van der Waals surface area (Å²) in [5, 5.41) is 12.5. The summed E-state index contributed by atoms with van der Waals surface area (Å²) >= 11 is 0. The number of nitrogens with zero attached hydrogens (tertiary/aromatic N) is 1. The number of carbonyl (C=O) groups excluding carboxylic acids is 1. The Morgan fingerprint density at radius 1 is 0.864 bits per heavy atom. The molecule has 0 bridgehead atoms. The number of allylic oxidation sites excluding steroid dienone is 2. The van der Waals surface area contributed by atoms with Gasteiger partial charge in [-0.25, -0.2) is 0 Å². The summed E-state index contributed by atoms with van der Waals surface area (Å²) in [6.45, 7) is 19.5. The fourth-order valence-electron chi connectivity index (χ4n) is 5.71. The maximum absolute atomic E-state index is 11.7. The molecule has 0 fully saturated rings. The van der Waals surface area contributed by atoms with Crippen LogP contribution in [0.4, 0.5) is 0 Å². The standard InChI is InChI=1S/C26H26NSi.C13H24O2.Ir/c1-18-15-19(2)17-21(16-18)23-12-11-22-24(27-23)13-14-25(28(3,4)5)26(22)20-9-7-6-8-10-20;1-5-10(6-2)12(14)9-13(15)11(7-3)8-4;/h6-16H,1-5H3;9-11,14H,5-8H2,1-4H3;/q-1;;/b;12-9-;. The van der Waals surface area contributed by atoms with Gasteiger partial charge in [0.2, 0.25) is 0 Å². The van der Waals surface area contributed by atoms with E-state index in [1.807, 2.05) is 27.7 Å². The third-order valence-electron chi connectivity index (χ3n) is 8.25. The van der Waals surface area contributed by atoms with Crippen LogP contribution in [0.15, 0.2) is 78.6 Å². The first kappa shape index (κ1) is 37.3. The second-order valence-electron chi connectivity index (χ2n) is 12.6. The van der Waals surface area contributed by atoms with E-state index in [0.29, 0.717) is 0 Å². The number of pyridine rings is 1. The van der Waals surface area contributed by atoms with Gasteiger partial charge in [-0.2, -0.15) is 0 Å². The quantitative estimate of drug-likeness (QED) is 0.0754. The SMILES string of the molecule is CCC(CC)C(=O)/C=C(\O)C(CC)CC.Cc1[c-]c(-c2ccc3c(-c4ccccc4)c([Si](C)(C)C)ccc3n2)cc(C)c1.[Ir]. The Hall–Kier alpha value is -2.85. The van der Waals surface area contributed by atoms with Gasteiger partial charge >= 0.3 is 0 Å². The van der Waals surface area contributed by atoms with Crippen LogP contribution < -0.4 is 5.19 Å². The molecule has 44 heavy (non-hydrogen) atoms. The van der Waals surface area contributed by atoms with E-state index >= 15 is 0 Å². The first-order valence-corrected chi connectivity index (χ1v) is 19.4. The molecule has 1 heterocycles. The van der Waals surface area contributed by atoms with Gasteiger partial charge in [-0.15, -0.1) is 34.9 Å². The van der Waals surface area contributed by atoms with Crippen LogP contribution in [0.25, 0.3) is 33.3 Å². The van der Waals surface area contributed by atoms with Crippen molar-refractivity contribution in [2.75, 3.05) is 0 Å². The van der Waals surface area contributed by atoms with Crippen molar-refractivity contribution in [2.24, 2.45) is 11.8 Å². The van der Waals surface area contributed by atoms with Gasteiger partial charge in [0.05, 0.1) is 19.3 Å². The Labute approximate surface area is 280 Å². The third-order valence-corrected chi connectivity index (χ3v) is 10.3. The summed E-state index contributed by atoms with van der Waals surface area (Å²) in [6, 6.07) is 27.4. The molecule has 1 aromatic heterocycles. The van der Waals surface area contributed by atoms with Crippen molar-refractivity contribution in [1.29, 1.82) is 0 Å². The van der Waals surface area contributed by atoms with Crippen LogP contribution in [-0.2, 0) is 24.9 Å². The maximum atomic E-state index is 11.7. The molecule has 0 saturated carbocycles. The zero-order chi connectivity index (χ0) is 31.7. The van der Waals surface area contributed by atoms with Crippen LogP contribution in [-0.4, -0.2) is 23.9 Å². The Balaban J connectivity index is 0.000000363. The molecule has 0 spiro atoms. The van der Waals surface area contributed by atoms with E-state index in [-0.39, 0.29) is 43.5 Å². The average molecular weight is 785 g/mol. The van der Waals surface area contributed by atoms with E-state index in [9.17, 15) is 9.90 Å². The molecule has 0 aliphatic heterocycles. The maximum Gasteiger partial charge on any atom is 0.162 e. The molecular formula is C39H50IrNO2Si-. The number of aromatic nitrogens is 1. The van der Waals surface area contributed by atoms with E-state index in [1.165, 1.54) is 33.3 Å². The molecule has 0 atom stereocenters. The molecule has 3 nitrogen and oxygen atoms in total. The number of ketones is 1.